The molecule has 0 bridgehead atoms. The van der Waals surface area contributed by atoms with Crippen LogP contribution in [0.3, 0.4) is 0 Å². The van der Waals surface area contributed by atoms with Crippen molar-refractivity contribution in [2.24, 2.45) is 5.10 Å². The lowest BCUT2D eigenvalue weighted by atomic mass is 10.1. The van der Waals surface area contributed by atoms with Crippen LogP contribution in [0.5, 0.6) is 0 Å². The second-order valence-corrected chi connectivity index (χ2v) is 7.89. The smallest absolute Gasteiger partial charge is 0.270 e. The van der Waals surface area contributed by atoms with Gasteiger partial charge in [-0.15, -0.1) is 0 Å². The number of aryl methyl sites for hydroxylation is 1. The molecule has 1 saturated heterocycles. The number of benzene rings is 2. The second-order valence-electron chi connectivity index (χ2n) is 7.89. The molecule has 2 aliphatic rings. The van der Waals surface area contributed by atoms with E-state index in [1.54, 1.807) is 0 Å². The summed E-state index contributed by atoms with van der Waals surface area (Å²) >= 11 is 0. The zero-order valence-corrected chi connectivity index (χ0v) is 16.8. The number of nitrogens with zero attached hydrogens (tertiary/aromatic N) is 4. The normalized spacial score (nSPS) is 19.4. The van der Waals surface area contributed by atoms with E-state index in [2.05, 4.69) is 10.1 Å². The fraction of sp³-hybridized carbons (Fsp3) is 0.304. The molecule has 3 aromatic rings. The van der Waals surface area contributed by atoms with Crippen molar-refractivity contribution in [3.8, 4) is 0 Å². The largest absolute Gasteiger partial charge is 0.340 e. The number of carbonyl (C=O) groups is 2. The van der Waals surface area contributed by atoms with E-state index in [4.69, 9.17) is 4.98 Å². The van der Waals surface area contributed by atoms with Crippen molar-refractivity contribution in [1.29, 1.82) is 0 Å². The number of para-hydroxylation sites is 2. The molecule has 30 heavy (non-hydrogen) atoms. The molecular formula is C23H23N5O2. The molecule has 1 fully saturated rings. The zero-order chi connectivity index (χ0) is 20.7. The summed E-state index contributed by atoms with van der Waals surface area (Å²) in [5.41, 5.74) is 4.04. The van der Waals surface area contributed by atoms with Crippen LogP contribution in [0, 0.1) is 6.92 Å². The quantitative estimate of drug-likeness (QED) is 0.726. The molecule has 0 saturated carbocycles. The maximum absolute atomic E-state index is 13.4. The number of hydrogen-bond acceptors (Lipinski definition) is 4. The molecule has 0 radical (unpaired) electrons. The highest BCUT2D eigenvalue weighted by atomic mass is 16.2. The minimum Gasteiger partial charge on any atom is -0.340 e. The third-order valence-corrected chi connectivity index (χ3v) is 5.76. The van der Waals surface area contributed by atoms with Gasteiger partial charge in [-0.2, -0.15) is 5.10 Å². The number of fused-ring (bicyclic) bond motifs is 1. The number of carbonyl (C=O) groups excluding carboxylic acids is 2. The van der Waals surface area contributed by atoms with Crippen molar-refractivity contribution in [3.63, 3.8) is 0 Å². The van der Waals surface area contributed by atoms with Crippen LogP contribution in [0.2, 0.25) is 0 Å². The van der Waals surface area contributed by atoms with Crippen molar-refractivity contribution < 1.29 is 9.59 Å². The number of hydrogen-bond donors (Lipinski definition) is 1. The number of hydrazone groups is 1. The van der Waals surface area contributed by atoms with Gasteiger partial charge < -0.3 is 9.88 Å². The number of amides is 2. The van der Waals surface area contributed by atoms with E-state index in [0.29, 0.717) is 24.4 Å². The number of imidazole rings is 1. The zero-order valence-electron chi connectivity index (χ0n) is 16.8. The van der Waals surface area contributed by atoms with E-state index in [1.807, 2.05) is 60.4 Å². The maximum Gasteiger partial charge on any atom is 0.270 e. The van der Waals surface area contributed by atoms with Crippen LogP contribution in [0.1, 0.15) is 43.1 Å². The van der Waals surface area contributed by atoms with Crippen LogP contribution in [0.4, 0.5) is 5.69 Å². The summed E-state index contributed by atoms with van der Waals surface area (Å²) in [7, 11) is 0. The minimum atomic E-state index is -0.108. The van der Waals surface area contributed by atoms with E-state index in [0.717, 1.165) is 35.3 Å². The molecule has 1 atom stereocenters. The maximum atomic E-state index is 13.4. The first-order valence-corrected chi connectivity index (χ1v) is 10.3. The van der Waals surface area contributed by atoms with Crippen molar-refractivity contribution in [2.45, 2.75) is 38.6 Å². The van der Waals surface area contributed by atoms with Crippen LogP contribution >= 0.6 is 0 Å². The third kappa shape index (κ3) is 3.26. The van der Waals surface area contributed by atoms with E-state index in [9.17, 15) is 9.59 Å². The second kappa shape index (κ2) is 7.40. The fourth-order valence-electron chi connectivity index (χ4n) is 4.26. The summed E-state index contributed by atoms with van der Waals surface area (Å²) in [6.45, 7) is 2.63. The van der Waals surface area contributed by atoms with Crippen molar-refractivity contribution >= 4 is 34.2 Å². The Balaban J connectivity index is 1.43. The molecular weight excluding hydrogens is 378 g/mol. The van der Waals surface area contributed by atoms with Gasteiger partial charge in [-0.05, 0) is 49.6 Å². The van der Waals surface area contributed by atoms with Gasteiger partial charge in [-0.25, -0.2) is 9.99 Å². The van der Waals surface area contributed by atoms with Gasteiger partial charge in [0.1, 0.15) is 11.5 Å². The predicted molar refractivity (Wildman–Crippen MR) is 115 cm³/mol. The predicted octanol–water partition coefficient (Wildman–Crippen LogP) is 3.72. The molecule has 1 N–H and O–H groups in total. The summed E-state index contributed by atoms with van der Waals surface area (Å²) in [6, 6.07) is 15.4. The highest BCUT2D eigenvalue weighted by molar-refractivity contribution is 6.40. The number of anilines is 1. The van der Waals surface area contributed by atoms with Crippen LogP contribution in [-0.2, 0) is 9.59 Å². The molecule has 2 amide bonds. The highest BCUT2D eigenvalue weighted by Crippen LogP contribution is 2.32. The molecule has 7 nitrogen and oxygen atoms in total. The molecule has 3 heterocycles. The van der Waals surface area contributed by atoms with Gasteiger partial charge >= 0.3 is 0 Å². The molecule has 0 aliphatic carbocycles. The molecule has 1 aromatic heterocycles. The molecule has 0 spiro atoms. The van der Waals surface area contributed by atoms with E-state index in [-0.39, 0.29) is 24.3 Å². The van der Waals surface area contributed by atoms with E-state index < -0.39 is 0 Å². The van der Waals surface area contributed by atoms with Crippen molar-refractivity contribution in [2.75, 3.05) is 11.6 Å². The number of H-pyrrole nitrogens is 1. The number of nitrogens with one attached hydrogen (secondary N) is 1. The summed E-state index contributed by atoms with van der Waals surface area (Å²) in [4.78, 5) is 35.7. The number of rotatable bonds is 3. The van der Waals surface area contributed by atoms with E-state index >= 15 is 0 Å². The topological polar surface area (TPSA) is 81.7 Å². The molecule has 7 heteroatoms. The van der Waals surface area contributed by atoms with Crippen LogP contribution in [0.15, 0.2) is 53.6 Å². The number of aromatic amines is 1. The molecule has 2 aliphatic heterocycles. The third-order valence-electron chi connectivity index (χ3n) is 5.76. The first-order chi connectivity index (χ1) is 14.6. The van der Waals surface area contributed by atoms with Crippen molar-refractivity contribution in [1.82, 2.24) is 14.9 Å². The van der Waals surface area contributed by atoms with Gasteiger partial charge in [-0.3, -0.25) is 9.59 Å². The van der Waals surface area contributed by atoms with Gasteiger partial charge in [0.05, 0.1) is 22.8 Å². The van der Waals surface area contributed by atoms with Gasteiger partial charge in [-0.1, -0.05) is 24.3 Å². The van der Waals surface area contributed by atoms with Gasteiger partial charge in [0.25, 0.3) is 5.91 Å². The Kier molecular flexibility index (Phi) is 4.58. The number of likely N-dealkylation sites (tertiary alicyclic amines) is 1. The Bertz CT molecular complexity index is 1130. The summed E-state index contributed by atoms with van der Waals surface area (Å²) in [5.74, 6) is 0.612. The lowest BCUT2D eigenvalue weighted by Gasteiger charge is -2.28. The fourth-order valence-corrected chi connectivity index (χ4v) is 4.26. The Labute approximate surface area is 174 Å². The average Bonchev–Trinajstić information content (AvgIpc) is 3.40. The number of aromatic nitrogens is 2. The van der Waals surface area contributed by atoms with Gasteiger partial charge in [0.2, 0.25) is 5.91 Å². The minimum absolute atomic E-state index is 0.0904. The lowest BCUT2D eigenvalue weighted by Crippen LogP contribution is -2.41. The van der Waals surface area contributed by atoms with Gasteiger partial charge in [0.15, 0.2) is 0 Å². The van der Waals surface area contributed by atoms with Crippen LogP contribution in [0.25, 0.3) is 11.0 Å². The average molecular weight is 401 g/mol. The lowest BCUT2D eigenvalue weighted by molar-refractivity contribution is -0.125. The Morgan fingerprint density at radius 2 is 2.00 bits per heavy atom. The van der Waals surface area contributed by atoms with Crippen molar-refractivity contribution in [3.05, 3.63) is 59.9 Å². The molecule has 0 unspecified atom stereocenters. The Morgan fingerprint density at radius 1 is 1.13 bits per heavy atom. The summed E-state index contributed by atoms with van der Waals surface area (Å²) in [6.07, 6.45) is 2.42. The van der Waals surface area contributed by atoms with Crippen LogP contribution < -0.4 is 5.01 Å². The first-order valence-electron chi connectivity index (χ1n) is 10.3. The SMILES string of the molecule is Cc1cccc(N2N=C(C(=O)N3CCC[C@@H]3c3nc4ccccc4[nH]3)CCC2=O)c1. The molecule has 5 rings (SSSR count). The standard InChI is InChI=1S/C23H23N5O2/c1-15-6-4-7-16(14-15)28-21(29)12-11-19(26-28)23(30)27-13-5-10-20(27)22-24-17-8-2-3-9-18(17)25-22/h2-4,6-9,14,20H,5,10-13H2,1H3,(H,24,25)/t20-/m1/s1. The summed E-state index contributed by atoms with van der Waals surface area (Å²) in [5, 5.41) is 5.84. The van der Waals surface area contributed by atoms with Gasteiger partial charge in [0, 0.05) is 19.4 Å². The Morgan fingerprint density at radius 3 is 2.83 bits per heavy atom. The van der Waals surface area contributed by atoms with E-state index in [1.165, 1.54) is 5.01 Å². The van der Waals surface area contributed by atoms with Crippen LogP contribution in [-0.4, -0.2) is 38.9 Å². The monoisotopic (exact) mass is 401 g/mol. The first kappa shape index (κ1) is 18.5. The highest BCUT2D eigenvalue weighted by Gasteiger charge is 2.36. The summed E-state index contributed by atoms with van der Waals surface area (Å²) < 4.78 is 0. The Hall–Kier alpha value is -3.48. The molecule has 2 aromatic carbocycles. The molecule has 152 valence electrons.